The van der Waals surface area contributed by atoms with Crippen LogP contribution in [-0.4, -0.2) is 22.2 Å². The lowest BCUT2D eigenvalue weighted by atomic mass is 9.76. The average Bonchev–Trinajstić information content (AvgIpc) is 3.32. The van der Waals surface area contributed by atoms with Gasteiger partial charge in [0.15, 0.2) is 0 Å². The molecule has 2 N–H and O–H groups in total. The fourth-order valence-electron chi connectivity index (χ4n) is 4.96. The molecule has 0 aliphatic heterocycles. The van der Waals surface area contributed by atoms with Crippen LogP contribution in [0, 0.1) is 0 Å². The number of hydrogen-bond donors (Lipinski definition) is 2. The topological polar surface area (TPSA) is 74.6 Å². The highest BCUT2D eigenvalue weighted by atomic mass is 16.4. The summed E-state index contributed by atoms with van der Waals surface area (Å²) in [6, 6.07) is 18.4. The molecule has 1 aliphatic carbocycles. The molecule has 1 fully saturated rings. The molecule has 4 heteroatoms. The van der Waals surface area contributed by atoms with Gasteiger partial charge in [-0.3, -0.25) is 0 Å². The van der Waals surface area contributed by atoms with Gasteiger partial charge in [0, 0.05) is 0 Å². The summed E-state index contributed by atoms with van der Waals surface area (Å²) in [7, 11) is 0. The molecule has 0 aromatic heterocycles. The van der Waals surface area contributed by atoms with Crippen molar-refractivity contribution in [2.75, 3.05) is 0 Å². The molecule has 0 atom stereocenters. The van der Waals surface area contributed by atoms with Crippen LogP contribution in [0.25, 0.3) is 22.3 Å². The highest BCUT2D eigenvalue weighted by Crippen LogP contribution is 2.47. The Morgan fingerprint density at radius 2 is 1.27 bits per heavy atom. The van der Waals surface area contributed by atoms with Gasteiger partial charge < -0.3 is 10.2 Å². The van der Waals surface area contributed by atoms with Crippen molar-refractivity contribution >= 4 is 11.9 Å². The SMILES string of the molecule is CC(C)(C)c1cc(-c2ccccc2C(=O)O)c(-c2ccccc2C(=O)O)c(C2CCCC2)c1. The lowest BCUT2D eigenvalue weighted by molar-refractivity contribution is 0.0686. The minimum atomic E-state index is -0.994. The smallest absolute Gasteiger partial charge is 0.336 e. The Morgan fingerprint density at radius 3 is 1.82 bits per heavy atom. The fraction of sp³-hybridized carbons (Fsp3) is 0.310. The largest absolute Gasteiger partial charge is 0.478 e. The molecule has 3 aromatic carbocycles. The minimum Gasteiger partial charge on any atom is -0.478 e. The summed E-state index contributed by atoms with van der Waals surface area (Å²) in [6.45, 7) is 6.45. The molecule has 170 valence electrons. The van der Waals surface area contributed by atoms with Gasteiger partial charge in [0.05, 0.1) is 11.1 Å². The van der Waals surface area contributed by atoms with E-state index in [-0.39, 0.29) is 16.5 Å². The maximum atomic E-state index is 12.2. The Balaban J connectivity index is 2.16. The van der Waals surface area contributed by atoms with Gasteiger partial charge in [-0.25, -0.2) is 9.59 Å². The molecule has 1 saturated carbocycles. The van der Waals surface area contributed by atoms with E-state index >= 15 is 0 Å². The summed E-state index contributed by atoms with van der Waals surface area (Å²) >= 11 is 0. The molecular weight excluding hydrogens is 412 g/mol. The number of aromatic carboxylic acids is 2. The third-order valence-corrected chi connectivity index (χ3v) is 6.70. The quantitative estimate of drug-likeness (QED) is 0.432. The van der Waals surface area contributed by atoms with Gasteiger partial charge in [-0.2, -0.15) is 0 Å². The lowest BCUT2D eigenvalue weighted by Gasteiger charge is -2.27. The van der Waals surface area contributed by atoms with Gasteiger partial charge >= 0.3 is 11.9 Å². The number of benzene rings is 3. The summed E-state index contributed by atoms with van der Waals surface area (Å²) in [4.78, 5) is 24.3. The molecule has 3 aromatic rings. The molecular formula is C29H30O4. The summed E-state index contributed by atoms with van der Waals surface area (Å²) in [5.74, 6) is -1.66. The number of carboxylic acid groups (broad SMARTS) is 2. The Bertz CT molecular complexity index is 1210. The standard InChI is InChI=1S/C29H30O4/c1-29(2,3)19-16-24(18-10-4-5-11-18)26(21-13-7-9-15-23(21)28(32)33)25(17-19)20-12-6-8-14-22(20)27(30)31/h6-9,12-18H,4-5,10-11H2,1-3H3,(H,30,31)(H,32,33). The van der Waals surface area contributed by atoms with Crippen LogP contribution in [-0.2, 0) is 5.41 Å². The second kappa shape index (κ2) is 8.86. The molecule has 0 spiro atoms. The van der Waals surface area contributed by atoms with Crippen molar-refractivity contribution in [3.05, 3.63) is 82.9 Å². The second-order valence-corrected chi connectivity index (χ2v) is 9.92. The lowest BCUT2D eigenvalue weighted by Crippen LogP contribution is -2.14. The van der Waals surface area contributed by atoms with Gasteiger partial charge in [0.2, 0.25) is 0 Å². The van der Waals surface area contributed by atoms with E-state index in [1.165, 1.54) is 0 Å². The molecule has 0 heterocycles. The molecule has 0 unspecified atom stereocenters. The Morgan fingerprint density at radius 1 is 0.758 bits per heavy atom. The fourth-order valence-corrected chi connectivity index (χ4v) is 4.96. The number of carbonyl (C=O) groups is 2. The maximum Gasteiger partial charge on any atom is 0.336 e. The number of rotatable bonds is 5. The molecule has 0 saturated heterocycles. The first-order valence-electron chi connectivity index (χ1n) is 11.5. The first kappa shape index (κ1) is 22.8. The van der Waals surface area contributed by atoms with Crippen molar-refractivity contribution in [2.45, 2.75) is 57.8 Å². The van der Waals surface area contributed by atoms with E-state index < -0.39 is 11.9 Å². The van der Waals surface area contributed by atoms with Crippen molar-refractivity contribution < 1.29 is 19.8 Å². The van der Waals surface area contributed by atoms with Crippen LogP contribution in [0.3, 0.4) is 0 Å². The van der Waals surface area contributed by atoms with Gasteiger partial charge in [-0.15, -0.1) is 0 Å². The average molecular weight is 443 g/mol. The second-order valence-electron chi connectivity index (χ2n) is 9.92. The third kappa shape index (κ3) is 4.43. The zero-order valence-corrected chi connectivity index (χ0v) is 19.4. The molecule has 0 amide bonds. The summed E-state index contributed by atoms with van der Waals surface area (Å²) in [6.07, 6.45) is 4.39. The van der Waals surface area contributed by atoms with E-state index in [0.717, 1.165) is 47.9 Å². The molecule has 4 rings (SSSR count). The van der Waals surface area contributed by atoms with Crippen molar-refractivity contribution in [1.82, 2.24) is 0 Å². The zero-order valence-electron chi connectivity index (χ0n) is 19.4. The first-order valence-corrected chi connectivity index (χ1v) is 11.5. The molecule has 0 bridgehead atoms. The van der Waals surface area contributed by atoms with Gasteiger partial charge in [0.25, 0.3) is 0 Å². The summed E-state index contributed by atoms with van der Waals surface area (Å²) in [5, 5.41) is 19.9. The predicted molar refractivity (Wildman–Crippen MR) is 131 cm³/mol. The molecule has 33 heavy (non-hydrogen) atoms. The summed E-state index contributed by atoms with van der Waals surface area (Å²) in [5.41, 5.74) is 5.44. The maximum absolute atomic E-state index is 12.2. The number of carboxylic acids is 2. The van der Waals surface area contributed by atoms with Crippen LogP contribution in [0.15, 0.2) is 60.7 Å². The highest BCUT2D eigenvalue weighted by Gasteiger charge is 2.29. The Kier molecular flexibility index (Phi) is 6.11. The minimum absolute atomic E-state index is 0.148. The van der Waals surface area contributed by atoms with Crippen LogP contribution in [0.4, 0.5) is 0 Å². The Labute approximate surface area is 194 Å². The van der Waals surface area contributed by atoms with E-state index in [1.54, 1.807) is 24.3 Å². The van der Waals surface area contributed by atoms with Crippen LogP contribution in [0.2, 0.25) is 0 Å². The van der Waals surface area contributed by atoms with Gasteiger partial charge in [0.1, 0.15) is 0 Å². The molecule has 1 aliphatic rings. The molecule has 4 nitrogen and oxygen atoms in total. The van der Waals surface area contributed by atoms with Gasteiger partial charge in [-0.05, 0) is 75.8 Å². The van der Waals surface area contributed by atoms with Crippen molar-refractivity contribution in [1.29, 1.82) is 0 Å². The van der Waals surface area contributed by atoms with Crippen molar-refractivity contribution in [3.8, 4) is 22.3 Å². The van der Waals surface area contributed by atoms with E-state index in [9.17, 15) is 19.8 Å². The zero-order chi connectivity index (χ0) is 23.8. The first-order chi connectivity index (χ1) is 15.7. The van der Waals surface area contributed by atoms with Crippen LogP contribution in [0.1, 0.15) is 84.2 Å². The highest BCUT2D eigenvalue weighted by molar-refractivity contribution is 6.03. The summed E-state index contributed by atoms with van der Waals surface area (Å²) < 4.78 is 0. The van der Waals surface area contributed by atoms with E-state index in [0.29, 0.717) is 17.0 Å². The Hall–Kier alpha value is -3.40. The monoisotopic (exact) mass is 442 g/mol. The normalized spacial score (nSPS) is 14.4. The number of hydrogen-bond acceptors (Lipinski definition) is 2. The molecule has 0 radical (unpaired) electrons. The van der Waals surface area contributed by atoms with Crippen LogP contribution >= 0.6 is 0 Å². The van der Waals surface area contributed by atoms with E-state index in [1.807, 2.05) is 24.3 Å². The van der Waals surface area contributed by atoms with Crippen molar-refractivity contribution in [2.24, 2.45) is 0 Å². The van der Waals surface area contributed by atoms with Crippen LogP contribution in [0.5, 0.6) is 0 Å². The van der Waals surface area contributed by atoms with Gasteiger partial charge in [-0.1, -0.05) is 76.1 Å². The van der Waals surface area contributed by atoms with E-state index in [2.05, 4.69) is 32.9 Å². The third-order valence-electron chi connectivity index (χ3n) is 6.70. The predicted octanol–water partition coefficient (Wildman–Crippen LogP) is 7.37. The van der Waals surface area contributed by atoms with Crippen LogP contribution < -0.4 is 0 Å². The van der Waals surface area contributed by atoms with Crippen molar-refractivity contribution in [3.63, 3.8) is 0 Å². The van der Waals surface area contributed by atoms with E-state index in [4.69, 9.17) is 0 Å².